The van der Waals surface area contributed by atoms with Crippen LogP contribution in [0.4, 0.5) is 5.69 Å². The van der Waals surface area contributed by atoms with Gasteiger partial charge in [0.2, 0.25) is 5.91 Å². The van der Waals surface area contributed by atoms with E-state index in [0.29, 0.717) is 21.4 Å². The van der Waals surface area contributed by atoms with Crippen LogP contribution in [-0.2, 0) is 11.3 Å². The first-order valence-electron chi connectivity index (χ1n) is 7.28. The molecule has 0 aliphatic rings. The first-order chi connectivity index (χ1) is 12.0. The molecule has 1 aromatic carbocycles. The monoisotopic (exact) mass is 372 g/mol. The van der Waals surface area contributed by atoms with Gasteiger partial charge in [0.1, 0.15) is 0 Å². The zero-order chi connectivity index (χ0) is 17.8. The Kier molecular flexibility index (Phi) is 5.06. The van der Waals surface area contributed by atoms with Crippen LogP contribution >= 0.6 is 22.9 Å². The number of amides is 2. The van der Waals surface area contributed by atoms with Crippen molar-refractivity contribution >= 4 is 50.7 Å². The molecule has 0 unspecified atom stereocenters. The Morgan fingerprint density at radius 1 is 1.28 bits per heavy atom. The molecule has 2 aromatic heterocycles. The Hall–Kier alpha value is -2.77. The number of halogens is 1. The molecule has 3 rings (SSSR count). The fourth-order valence-electron chi connectivity index (χ4n) is 2.14. The number of thiazole rings is 1. The number of hydrogen-bond donors (Lipinski definition) is 2. The van der Waals surface area contributed by atoms with Crippen molar-refractivity contribution < 1.29 is 9.59 Å². The molecule has 0 aliphatic carbocycles. The van der Waals surface area contributed by atoms with Crippen molar-refractivity contribution in [2.75, 3.05) is 5.32 Å². The van der Waals surface area contributed by atoms with Gasteiger partial charge in [-0.15, -0.1) is 11.3 Å². The van der Waals surface area contributed by atoms with Gasteiger partial charge < -0.3 is 10.6 Å². The second-order valence-corrected chi connectivity index (χ2v) is 6.67. The topological polar surface area (TPSA) is 84.0 Å². The Bertz CT molecular complexity index is 970. The van der Waals surface area contributed by atoms with Crippen LogP contribution < -0.4 is 10.6 Å². The second kappa shape index (κ2) is 7.42. The second-order valence-electron chi connectivity index (χ2n) is 5.06. The minimum atomic E-state index is -0.298. The Morgan fingerprint density at radius 2 is 2.12 bits per heavy atom. The number of hydrogen-bond acceptors (Lipinski definition) is 5. The maximum absolute atomic E-state index is 12.4. The molecule has 25 heavy (non-hydrogen) atoms. The third kappa shape index (κ3) is 4.20. The summed E-state index contributed by atoms with van der Waals surface area (Å²) < 4.78 is 1.35. The molecule has 2 amide bonds. The highest BCUT2D eigenvalue weighted by Crippen LogP contribution is 2.28. The number of rotatable bonds is 5. The number of pyridine rings is 1. The van der Waals surface area contributed by atoms with Crippen LogP contribution in [0.3, 0.4) is 0 Å². The molecule has 2 N–H and O–H groups in total. The summed E-state index contributed by atoms with van der Waals surface area (Å²) in [5.41, 5.74) is 2.46. The molecule has 8 heteroatoms. The van der Waals surface area contributed by atoms with Crippen molar-refractivity contribution in [2.45, 2.75) is 6.54 Å². The van der Waals surface area contributed by atoms with Gasteiger partial charge in [0, 0.05) is 17.4 Å². The van der Waals surface area contributed by atoms with Gasteiger partial charge in [0.05, 0.1) is 22.5 Å². The molecular weight excluding hydrogens is 360 g/mol. The molecule has 2 heterocycles. The van der Waals surface area contributed by atoms with Gasteiger partial charge in [-0.1, -0.05) is 18.2 Å². The fourth-order valence-corrected chi connectivity index (χ4v) is 3.21. The van der Waals surface area contributed by atoms with E-state index in [-0.39, 0.29) is 18.4 Å². The summed E-state index contributed by atoms with van der Waals surface area (Å²) in [6.07, 6.45) is 2.70. The number of fused-ring (bicyclic) bond motifs is 1. The van der Waals surface area contributed by atoms with E-state index < -0.39 is 0 Å². The van der Waals surface area contributed by atoms with Gasteiger partial charge in [-0.3, -0.25) is 14.6 Å². The van der Waals surface area contributed by atoms with Crippen LogP contribution in [0.2, 0.25) is 4.47 Å². The smallest absolute Gasteiger partial charge is 0.255 e. The number of carbonyl (C=O) groups excluding carboxylic acids is 2. The molecule has 0 radical (unpaired) electrons. The molecule has 0 saturated heterocycles. The lowest BCUT2D eigenvalue weighted by molar-refractivity contribution is -0.116. The van der Waals surface area contributed by atoms with Crippen molar-refractivity contribution in [3.8, 4) is 0 Å². The highest BCUT2D eigenvalue weighted by Gasteiger charge is 2.09. The zero-order valence-electron chi connectivity index (χ0n) is 13.0. The fraction of sp³-hybridized carbons (Fsp3) is 0.0588. The van der Waals surface area contributed by atoms with Crippen molar-refractivity contribution in [1.29, 1.82) is 0 Å². The molecule has 3 aromatic rings. The quantitative estimate of drug-likeness (QED) is 0.672. The van der Waals surface area contributed by atoms with E-state index in [0.717, 1.165) is 10.2 Å². The van der Waals surface area contributed by atoms with Crippen LogP contribution in [0.5, 0.6) is 0 Å². The van der Waals surface area contributed by atoms with E-state index in [1.54, 1.807) is 24.3 Å². The predicted molar refractivity (Wildman–Crippen MR) is 98.9 cm³/mol. The third-order valence-corrected chi connectivity index (χ3v) is 4.45. The van der Waals surface area contributed by atoms with E-state index in [2.05, 4.69) is 27.2 Å². The average Bonchev–Trinajstić information content (AvgIpc) is 2.99. The molecule has 6 nitrogen and oxygen atoms in total. The molecule has 0 saturated carbocycles. The molecule has 0 fully saturated rings. The maximum Gasteiger partial charge on any atom is 0.255 e. The summed E-state index contributed by atoms with van der Waals surface area (Å²) in [6, 6.07) is 8.62. The number of benzene rings is 1. The largest absolute Gasteiger partial charge is 0.347 e. The standard InChI is InChI=1S/C17H13ClN4O2S/c1-2-15(23)20-9-12-7-10(5-6-19-12)16(24)21-11-3-4-13-14(8-11)25-17(18)22-13/h2-8H,1,9H2,(H,20,23)(H,21,24). The Balaban J connectivity index is 1.73. The van der Waals surface area contributed by atoms with Crippen molar-refractivity contribution in [2.24, 2.45) is 0 Å². The van der Waals surface area contributed by atoms with Gasteiger partial charge in [-0.2, -0.15) is 0 Å². The molecule has 0 spiro atoms. The van der Waals surface area contributed by atoms with Crippen molar-refractivity contribution in [3.63, 3.8) is 0 Å². The highest BCUT2D eigenvalue weighted by atomic mass is 35.5. The third-order valence-electron chi connectivity index (χ3n) is 3.33. The number of carbonyl (C=O) groups is 2. The van der Waals surface area contributed by atoms with Crippen LogP contribution in [0.25, 0.3) is 10.2 Å². The first-order valence-corrected chi connectivity index (χ1v) is 8.47. The van der Waals surface area contributed by atoms with Gasteiger partial charge >= 0.3 is 0 Å². The van der Waals surface area contributed by atoms with Gasteiger partial charge in [0.25, 0.3) is 5.91 Å². The Morgan fingerprint density at radius 3 is 2.92 bits per heavy atom. The Labute approximate surface area is 152 Å². The first kappa shape index (κ1) is 17.1. The summed E-state index contributed by atoms with van der Waals surface area (Å²) in [7, 11) is 0. The van der Waals surface area contributed by atoms with Crippen LogP contribution in [0.1, 0.15) is 16.1 Å². The summed E-state index contributed by atoms with van der Waals surface area (Å²) >= 11 is 7.24. The van der Waals surface area contributed by atoms with E-state index in [9.17, 15) is 9.59 Å². The lowest BCUT2D eigenvalue weighted by Crippen LogP contribution is -2.21. The summed E-state index contributed by atoms with van der Waals surface area (Å²) in [5.74, 6) is -0.568. The summed E-state index contributed by atoms with van der Waals surface area (Å²) in [6.45, 7) is 3.60. The van der Waals surface area contributed by atoms with E-state index in [1.165, 1.54) is 23.6 Å². The summed E-state index contributed by atoms with van der Waals surface area (Å²) in [5, 5.41) is 5.45. The zero-order valence-corrected chi connectivity index (χ0v) is 14.5. The highest BCUT2D eigenvalue weighted by molar-refractivity contribution is 7.22. The van der Waals surface area contributed by atoms with Crippen molar-refractivity contribution in [3.05, 3.63) is 64.9 Å². The van der Waals surface area contributed by atoms with Gasteiger partial charge in [-0.25, -0.2) is 4.98 Å². The predicted octanol–water partition coefficient (Wildman–Crippen LogP) is 3.40. The lowest BCUT2D eigenvalue weighted by atomic mass is 10.2. The maximum atomic E-state index is 12.4. The molecule has 126 valence electrons. The van der Waals surface area contributed by atoms with E-state index in [4.69, 9.17) is 11.6 Å². The molecule has 0 aliphatic heterocycles. The molecule has 0 bridgehead atoms. The van der Waals surface area contributed by atoms with Crippen LogP contribution in [0, 0.1) is 0 Å². The van der Waals surface area contributed by atoms with Crippen molar-refractivity contribution in [1.82, 2.24) is 15.3 Å². The van der Waals surface area contributed by atoms with E-state index in [1.807, 2.05) is 6.07 Å². The minimum absolute atomic E-state index is 0.220. The normalized spacial score (nSPS) is 10.4. The number of anilines is 1. The minimum Gasteiger partial charge on any atom is -0.347 e. The number of nitrogens with one attached hydrogen (secondary N) is 2. The number of nitrogens with zero attached hydrogens (tertiary/aromatic N) is 2. The van der Waals surface area contributed by atoms with Crippen LogP contribution in [0.15, 0.2) is 49.2 Å². The van der Waals surface area contributed by atoms with Crippen LogP contribution in [-0.4, -0.2) is 21.8 Å². The summed E-state index contributed by atoms with van der Waals surface area (Å²) in [4.78, 5) is 31.9. The SMILES string of the molecule is C=CC(=O)NCc1cc(C(=O)Nc2ccc3nc(Cl)sc3c2)ccn1. The lowest BCUT2D eigenvalue weighted by Gasteiger charge is -2.07. The molecular formula is C17H13ClN4O2S. The van der Waals surface area contributed by atoms with E-state index >= 15 is 0 Å². The van der Waals surface area contributed by atoms with Gasteiger partial charge in [0.15, 0.2) is 4.47 Å². The average molecular weight is 373 g/mol. The van der Waals surface area contributed by atoms with Gasteiger partial charge in [-0.05, 0) is 36.4 Å². The molecule has 0 atom stereocenters. The number of aromatic nitrogens is 2.